The Morgan fingerprint density at radius 2 is 2.00 bits per heavy atom. The lowest BCUT2D eigenvalue weighted by Gasteiger charge is -2.25. The van der Waals surface area contributed by atoms with Crippen LogP contribution in [0.1, 0.15) is 14.5 Å². The summed E-state index contributed by atoms with van der Waals surface area (Å²) in [5, 5.41) is 8.53. The molecule has 0 saturated carbocycles. The fourth-order valence-electron chi connectivity index (χ4n) is 1.71. The Hall–Kier alpha value is -1.47. The summed E-state index contributed by atoms with van der Waals surface area (Å²) < 4.78 is 11.2. The molecule has 2 rings (SSSR count). The molecular formula is C12H13NO4S2. The number of carbonyl (C=O) groups is 2. The van der Waals surface area contributed by atoms with Crippen molar-refractivity contribution in [2.45, 2.75) is 0 Å². The first kappa shape index (κ1) is 14.0. The number of nitrogens with zero attached hydrogens (tertiary/aromatic N) is 1. The van der Waals surface area contributed by atoms with E-state index in [0.29, 0.717) is 29.5 Å². The average Bonchev–Trinajstić information content (AvgIpc) is 2.85. The Bertz CT molecular complexity index is 540. The van der Waals surface area contributed by atoms with Gasteiger partial charge in [0.1, 0.15) is 0 Å². The van der Waals surface area contributed by atoms with Crippen molar-refractivity contribution in [2.24, 2.45) is 0 Å². The van der Waals surface area contributed by atoms with Crippen LogP contribution in [0.2, 0.25) is 0 Å². The quantitative estimate of drug-likeness (QED) is 0.847. The zero-order valence-electron chi connectivity index (χ0n) is 10.1. The Morgan fingerprint density at radius 3 is 2.63 bits per heavy atom. The molecule has 1 aromatic rings. The number of carbonyl (C=O) groups excluding carboxylic acids is 1. The molecule has 0 aromatic carbocycles. The van der Waals surface area contributed by atoms with Crippen molar-refractivity contribution in [1.82, 2.24) is 4.90 Å². The summed E-state index contributed by atoms with van der Waals surface area (Å²) in [6.07, 6.45) is 2.51. The van der Waals surface area contributed by atoms with Crippen LogP contribution in [0.5, 0.6) is 0 Å². The molecule has 0 aliphatic carbocycles. The minimum Gasteiger partial charge on any atom is -0.478 e. The van der Waals surface area contributed by atoms with E-state index < -0.39 is 16.8 Å². The first-order valence-electron chi connectivity index (χ1n) is 5.71. The number of thiophene rings is 1. The summed E-state index contributed by atoms with van der Waals surface area (Å²) in [7, 11) is -0.804. The fraction of sp³-hybridized carbons (Fsp3) is 0.333. The average molecular weight is 299 g/mol. The molecule has 1 amide bonds. The summed E-state index contributed by atoms with van der Waals surface area (Å²) >= 11 is 1.26. The third-order valence-electron chi connectivity index (χ3n) is 2.69. The van der Waals surface area contributed by atoms with Gasteiger partial charge in [0.05, 0.1) is 4.88 Å². The van der Waals surface area contributed by atoms with Crippen molar-refractivity contribution in [2.75, 3.05) is 24.6 Å². The van der Waals surface area contributed by atoms with Crippen LogP contribution >= 0.6 is 11.3 Å². The highest BCUT2D eigenvalue weighted by Gasteiger charge is 2.22. The first-order valence-corrected chi connectivity index (χ1v) is 8.02. The van der Waals surface area contributed by atoms with Gasteiger partial charge in [-0.05, 0) is 18.2 Å². The van der Waals surface area contributed by atoms with E-state index in [0.717, 1.165) is 11.0 Å². The van der Waals surface area contributed by atoms with Crippen molar-refractivity contribution in [3.63, 3.8) is 0 Å². The minimum absolute atomic E-state index is 0.0725. The molecule has 5 nitrogen and oxygen atoms in total. The summed E-state index contributed by atoms with van der Waals surface area (Å²) in [5.41, 5.74) is 0. The molecule has 0 bridgehead atoms. The normalized spacial score (nSPS) is 16.9. The van der Waals surface area contributed by atoms with Gasteiger partial charge < -0.3 is 10.0 Å². The van der Waals surface area contributed by atoms with Crippen LogP contribution in [0.25, 0.3) is 6.08 Å². The maximum Gasteiger partial charge on any atom is 0.328 e. The summed E-state index contributed by atoms with van der Waals surface area (Å²) in [4.78, 5) is 25.6. The number of rotatable bonds is 3. The van der Waals surface area contributed by atoms with Crippen molar-refractivity contribution < 1.29 is 18.9 Å². The zero-order chi connectivity index (χ0) is 13.8. The van der Waals surface area contributed by atoms with E-state index >= 15 is 0 Å². The van der Waals surface area contributed by atoms with Gasteiger partial charge in [0, 0.05) is 46.3 Å². The molecule has 1 aliphatic rings. The van der Waals surface area contributed by atoms with E-state index in [4.69, 9.17) is 5.11 Å². The third kappa shape index (κ3) is 3.74. The molecule has 7 heteroatoms. The van der Waals surface area contributed by atoms with Gasteiger partial charge in [-0.3, -0.25) is 9.00 Å². The van der Waals surface area contributed by atoms with E-state index in [-0.39, 0.29) is 5.91 Å². The van der Waals surface area contributed by atoms with Gasteiger partial charge in [-0.25, -0.2) is 4.79 Å². The lowest BCUT2D eigenvalue weighted by atomic mass is 10.3. The molecule has 102 valence electrons. The standard InChI is InChI=1S/C12H13NO4S2/c14-11(15)4-2-9-1-3-10(18-9)12(16)13-5-7-19(17)8-6-13/h1-4H,5-8H2,(H,14,15)/b4-2+. The molecule has 2 heterocycles. The van der Waals surface area contributed by atoms with Crippen LogP contribution in [0.15, 0.2) is 18.2 Å². The molecule has 0 spiro atoms. The van der Waals surface area contributed by atoms with E-state index in [1.807, 2.05) is 0 Å². The molecular weight excluding hydrogens is 286 g/mol. The molecule has 0 radical (unpaired) electrons. The maximum atomic E-state index is 12.2. The largest absolute Gasteiger partial charge is 0.478 e. The molecule has 1 N–H and O–H groups in total. The lowest BCUT2D eigenvalue weighted by molar-refractivity contribution is -0.131. The zero-order valence-corrected chi connectivity index (χ0v) is 11.7. The Balaban J connectivity index is 2.03. The van der Waals surface area contributed by atoms with E-state index in [9.17, 15) is 13.8 Å². The monoisotopic (exact) mass is 299 g/mol. The topological polar surface area (TPSA) is 74.7 Å². The smallest absolute Gasteiger partial charge is 0.328 e. The van der Waals surface area contributed by atoms with Crippen molar-refractivity contribution in [3.8, 4) is 0 Å². The fourth-order valence-corrected chi connectivity index (χ4v) is 3.64. The van der Waals surface area contributed by atoms with Gasteiger partial charge in [-0.15, -0.1) is 11.3 Å². The first-order chi connectivity index (χ1) is 9.06. The summed E-state index contributed by atoms with van der Waals surface area (Å²) in [5.74, 6) is -0.0253. The highest BCUT2D eigenvalue weighted by atomic mass is 32.2. The lowest BCUT2D eigenvalue weighted by Crippen LogP contribution is -2.41. The van der Waals surface area contributed by atoms with Crippen LogP contribution in [-0.4, -0.2) is 50.7 Å². The second-order valence-corrected chi connectivity index (χ2v) is 6.83. The number of carboxylic acid groups (broad SMARTS) is 1. The molecule has 1 fully saturated rings. The SMILES string of the molecule is O=C(O)/C=C/c1ccc(C(=O)N2CCS(=O)CC2)s1. The predicted octanol–water partition coefficient (Wildman–Crippen LogP) is 1.05. The van der Waals surface area contributed by atoms with E-state index in [2.05, 4.69) is 0 Å². The number of aliphatic carboxylic acids is 1. The molecule has 0 unspecified atom stereocenters. The summed E-state index contributed by atoms with van der Waals surface area (Å²) in [6.45, 7) is 1.04. The van der Waals surface area contributed by atoms with Gasteiger partial charge in [-0.2, -0.15) is 0 Å². The molecule has 1 saturated heterocycles. The van der Waals surface area contributed by atoms with Crippen molar-refractivity contribution in [3.05, 3.63) is 28.0 Å². The number of hydrogen-bond donors (Lipinski definition) is 1. The highest BCUT2D eigenvalue weighted by molar-refractivity contribution is 7.85. The van der Waals surface area contributed by atoms with Gasteiger partial charge in [0.15, 0.2) is 0 Å². The van der Waals surface area contributed by atoms with E-state index in [1.165, 1.54) is 17.4 Å². The van der Waals surface area contributed by atoms with Crippen LogP contribution < -0.4 is 0 Å². The van der Waals surface area contributed by atoms with Gasteiger partial charge in [0.2, 0.25) is 0 Å². The van der Waals surface area contributed by atoms with Crippen LogP contribution in [0.4, 0.5) is 0 Å². The molecule has 19 heavy (non-hydrogen) atoms. The maximum absolute atomic E-state index is 12.2. The Morgan fingerprint density at radius 1 is 1.32 bits per heavy atom. The molecule has 1 aliphatic heterocycles. The van der Waals surface area contributed by atoms with E-state index in [1.54, 1.807) is 17.0 Å². The van der Waals surface area contributed by atoms with Gasteiger partial charge in [0.25, 0.3) is 5.91 Å². The Labute approximate surface area is 117 Å². The van der Waals surface area contributed by atoms with Crippen LogP contribution in [-0.2, 0) is 15.6 Å². The molecule has 1 aromatic heterocycles. The number of hydrogen-bond acceptors (Lipinski definition) is 4. The van der Waals surface area contributed by atoms with Crippen LogP contribution in [0, 0.1) is 0 Å². The van der Waals surface area contributed by atoms with Crippen molar-refractivity contribution in [1.29, 1.82) is 0 Å². The third-order valence-corrected chi connectivity index (χ3v) is 5.01. The second-order valence-electron chi connectivity index (χ2n) is 4.01. The Kier molecular flexibility index (Phi) is 4.49. The second kappa shape index (κ2) is 6.12. The van der Waals surface area contributed by atoms with Crippen LogP contribution in [0.3, 0.4) is 0 Å². The van der Waals surface area contributed by atoms with Gasteiger partial charge >= 0.3 is 5.97 Å². The molecule has 0 atom stereocenters. The van der Waals surface area contributed by atoms with Crippen molar-refractivity contribution >= 4 is 40.1 Å². The minimum atomic E-state index is -1.01. The highest BCUT2D eigenvalue weighted by Crippen LogP contribution is 2.20. The summed E-state index contributed by atoms with van der Waals surface area (Å²) in [6, 6.07) is 3.42. The number of carboxylic acids is 1. The number of amides is 1. The van der Waals surface area contributed by atoms with Gasteiger partial charge in [-0.1, -0.05) is 0 Å². The predicted molar refractivity (Wildman–Crippen MR) is 74.8 cm³/mol.